The molecule has 0 saturated carbocycles. The van der Waals surface area contributed by atoms with E-state index in [0.717, 1.165) is 32.5 Å². The molecule has 1 saturated heterocycles. The van der Waals surface area contributed by atoms with Crippen molar-refractivity contribution in [3.05, 3.63) is 0 Å². The summed E-state index contributed by atoms with van der Waals surface area (Å²) in [5.41, 5.74) is -1.16. The van der Waals surface area contributed by atoms with Crippen molar-refractivity contribution < 1.29 is 14.7 Å². The zero-order chi connectivity index (χ0) is 15.2. The molecule has 0 aromatic rings. The number of amides is 2. The molecule has 6 heteroatoms. The summed E-state index contributed by atoms with van der Waals surface area (Å²) in [6, 6.07) is -0.275. The van der Waals surface area contributed by atoms with Gasteiger partial charge in [-0.2, -0.15) is 0 Å². The molecule has 1 heterocycles. The number of aliphatic carboxylic acids is 1. The van der Waals surface area contributed by atoms with Crippen LogP contribution in [0.5, 0.6) is 0 Å². The third kappa shape index (κ3) is 4.10. The van der Waals surface area contributed by atoms with Gasteiger partial charge in [-0.25, -0.2) is 9.59 Å². The van der Waals surface area contributed by atoms with E-state index in [2.05, 4.69) is 22.5 Å². The smallest absolute Gasteiger partial charge is 0.329 e. The SMILES string of the molecule is CCN1CCCC(NC(=O)NC(CC)(CC)C(=O)O)C1. The van der Waals surface area contributed by atoms with Crippen LogP contribution < -0.4 is 10.6 Å². The highest BCUT2D eigenvalue weighted by Crippen LogP contribution is 2.16. The average Bonchev–Trinajstić information content (AvgIpc) is 2.44. The van der Waals surface area contributed by atoms with Gasteiger partial charge in [-0.15, -0.1) is 0 Å². The number of carboxylic acids is 1. The van der Waals surface area contributed by atoms with Gasteiger partial charge in [0.05, 0.1) is 0 Å². The first-order valence-electron chi connectivity index (χ1n) is 7.51. The third-order valence-electron chi connectivity index (χ3n) is 4.26. The second kappa shape index (κ2) is 7.47. The van der Waals surface area contributed by atoms with E-state index in [1.807, 2.05) is 0 Å². The largest absolute Gasteiger partial charge is 0.480 e. The molecule has 2 amide bonds. The number of carboxylic acid groups (broad SMARTS) is 1. The van der Waals surface area contributed by atoms with E-state index in [1.54, 1.807) is 13.8 Å². The maximum atomic E-state index is 12.0. The third-order valence-corrected chi connectivity index (χ3v) is 4.26. The van der Waals surface area contributed by atoms with Gasteiger partial charge < -0.3 is 20.6 Å². The summed E-state index contributed by atoms with van der Waals surface area (Å²) in [5, 5.41) is 14.9. The second-order valence-corrected chi connectivity index (χ2v) is 5.43. The van der Waals surface area contributed by atoms with Crippen molar-refractivity contribution in [1.29, 1.82) is 0 Å². The Hall–Kier alpha value is -1.30. The molecule has 3 N–H and O–H groups in total. The summed E-state index contributed by atoms with van der Waals surface area (Å²) in [5.74, 6) is -0.975. The summed E-state index contributed by atoms with van der Waals surface area (Å²) in [6.45, 7) is 8.53. The number of carbonyl (C=O) groups is 2. The number of urea groups is 1. The maximum absolute atomic E-state index is 12.0. The van der Waals surface area contributed by atoms with Crippen LogP contribution in [-0.4, -0.2) is 53.2 Å². The Morgan fingerprint density at radius 1 is 1.30 bits per heavy atom. The highest BCUT2D eigenvalue weighted by Gasteiger charge is 2.36. The van der Waals surface area contributed by atoms with Crippen LogP contribution in [0.4, 0.5) is 4.79 Å². The molecule has 1 atom stereocenters. The van der Waals surface area contributed by atoms with Crippen molar-refractivity contribution in [1.82, 2.24) is 15.5 Å². The molecule has 1 aliphatic rings. The number of likely N-dealkylation sites (N-methyl/N-ethyl adjacent to an activating group) is 1. The number of nitrogens with zero attached hydrogens (tertiary/aromatic N) is 1. The van der Waals surface area contributed by atoms with Crippen molar-refractivity contribution in [2.45, 2.75) is 58.0 Å². The molecule has 0 spiro atoms. The fourth-order valence-corrected chi connectivity index (χ4v) is 2.68. The van der Waals surface area contributed by atoms with Crippen LogP contribution in [0, 0.1) is 0 Å². The summed E-state index contributed by atoms with van der Waals surface area (Å²) < 4.78 is 0. The molecule has 1 fully saturated rings. The number of carbonyl (C=O) groups excluding carboxylic acids is 1. The first-order chi connectivity index (χ1) is 9.47. The molecule has 0 bridgehead atoms. The van der Waals surface area contributed by atoms with Crippen LogP contribution >= 0.6 is 0 Å². The first-order valence-corrected chi connectivity index (χ1v) is 7.51. The lowest BCUT2D eigenvalue weighted by Crippen LogP contribution is -2.59. The Morgan fingerprint density at radius 2 is 1.95 bits per heavy atom. The molecule has 0 aromatic heterocycles. The van der Waals surface area contributed by atoms with Gasteiger partial charge in [0, 0.05) is 12.6 Å². The zero-order valence-electron chi connectivity index (χ0n) is 12.7. The molecule has 116 valence electrons. The Morgan fingerprint density at radius 3 is 2.45 bits per heavy atom. The summed E-state index contributed by atoms with van der Waals surface area (Å²) in [4.78, 5) is 25.7. The van der Waals surface area contributed by atoms with E-state index in [1.165, 1.54) is 0 Å². The Bertz CT molecular complexity index is 343. The van der Waals surface area contributed by atoms with Gasteiger partial charge in [-0.1, -0.05) is 20.8 Å². The number of hydrogen-bond donors (Lipinski definition) is 3. The molecule has 0 aromatic carbocycles. The van der Waals surface area contributed by atoms with E-state index in [4.69, 9.17) is 0 Å². The van der Waals surface area contributed by atoms with Crippen molar-refractivity contribution in [2.24, 2.45) is 0 Å². The predicted octanol–water partition coefficient (Wildman–Crippen LogP) is 1.41. The topological polar surface area (TPSA) is 81.7 Å². The van der Waals surface area contributed by atoms with Gasteiger partial charge in [-0.3, -0.25) is 0 Å². The normalized spacial score (nSPS) is 20.4. The number of hydrogen-bond acceptors (Lipinski definition) is 3. The van der Waals surface area contributed by atoms with Crippen LogP contribution in [-0.2, 0) is 4.79 Å². The standard InChI is InChI=1S/C14H27N3O3/c1-4-14(5-2,12(18)19)16-13(20)15-11-8-7-9-17(6-3)10-11/h11H,4-10H2,1-3H3,(H,18,19)(H2,15,16,20). The molecule has 6 nitrogen and oxygen atoms in total. The fourth-order valence-electron chi connectivity index (χ4n) is 2.68. The number of rotatable bonds is 6. The average molecular weight is 285 g/mol. The van der Waals surface area contributed by atoms with Gasteiger partial charge in [-0.05, 0) is 38.8 Å². The van der Waals surface area contributed by atoms with Crippen LogP contribution in [0.25, 0.3) is 0 Å². The van der Waals surface area contributed by atoms with E-state index in [9.17, 15) is 14.7 Å². The van der Waals surface area contributed by atoms with Gasteiger partial charge in [0.2, 0.25) is 0 Å². The maximum Gasteiger partial charge on any atom is 0.329 e. The van der Waals surface area contributed by atoms with Gasteiger partial charge in [0.25, 0.3) is 0 Å². The lowest BCUT2D eigenvalue weighted by Gasteiger charge is -2.34. The summed E-state index contributed by atoms with van der Waals surface area (Å²) in [6.07, 6.45) is 2.75. The van der Waals surface area contributed by atoms with Crippen LogP contribution in [0.2, 0.25) is 0 Å². The van der Waals surface area contributed by atoms with E-state index < -0.39 is 11.5 Å². The van der Waals surface area contributed by atoms with E-state index in [0.29, 0.717) is 12.8 Å². The second-order valence-electron chi connectivity index (χ2n) is 5.43. The minimum Gasteiger partial charge on any atom is -0.480 e. The highest BCUT2D eigenvalue weighted by atomic mass is 16.4. The Balaban J connectivity index is 2.55. The monoisotopic (exact) mass is 285 g/mol. The lowest BCUT2D eigenvalue weighted by molar-refractivity contribution is -0.144. The molecule has 1 unspecified atom stereocenters. The molecule has 0 radical (unpaired) electrons. The van der Waals surface area contributed by atoms with Crippen LogP contribution in [0.1, 0.15) is 46.5 Å². The molecule has 0 aliphatic carbocycles. The minimum absolute atomic E-state index is 0.101. The zero-order valence-corrected chi connectivity index (χ0v) is 12.7. The Kier molecular flexibility index (Phi) is 6.26. The van der Waals surface area contributed by atoms with E-state index in [-0.39, 0.29) is 12.1 Å². The molecular formula is C14H27N3O3. The fraction of sp³-hybridized carbons (Fsp3) is 0.857. The highest BCUT2D eigenvalue weighted by molar-refractivity contribution is 5.86. The van der Waals surface area contributed by atoms with Crippen molar-refractivity contribution >= 4 is 12.0 Å². The van der Waals surface area contributed by atoms with Crippen LogP contribution in [0.15, 0.2) is 0 Å². The minimum atomic E-state index is -1.16. The lowest BCUT2D eigenvalue weighted by atomic mass is 9.93. The number of nitrogens with one attached hydrogen (secondary N) is 2. The number of likely N-dealkylation sites (tertiary alicyclic amines) is 1. The van der Waals surface area contributed by atoms with Gasteiger partial charge in [0.1, 0.15) is 5.54 Å². The van der Waals surface area contributed by atoms with Gasteiger partial charge >= 0.3 is 12.0 Å². The molecular weight excluding hydrogens is 258 g/mol. The Labute approximate surface area is 120 Å². The first kappa shape index (κ1) is 16.8. The van der Waals surface area contributed by atoms with E-state index >= 15 is 0 Å². The molecule has 20 heavy (non-hydrogen) atoms. The molecule has 1 rings (SSSR count). The predicted molar refractivity (Wildman–Crippen MR) is 77.8 cm³/mol. The molecule has 1 aliphatic heterocycles. The van der Waals surface area contributed by atoms with Gasteiger partial charge in [0.15, 0.2) is 0 Å². The van der Waals surface area contributed by atoms with Crippen molar-refractivity contribution in [3.8, 4) is 0 Å². The van der Waals surface area contributed by atoms with Crippen molar-refractivity contribution in [3.63, 3.8) is 0 Å². The van der Waals surface area contributed by atoms with Crippen LogP contribution in [0.3, 0.4) is 0 Å². The quantitative estimate of drug-likeness (QED) is 0.689. The number of piperidine rings is 1. The van der Waals surface area contributed by atoms with Crippen molar-refractivity contribution in [2.75, 3.05) is 19.6 Å². The summed E-state index contributed by atoms with van der Waals surface area (Å²) >= 11 is 0. The summed E-state index contributed by atoms with van der Waals surface area (Å²) in [7, 11) is 0.